The van der Waals surface area contributed by atoms with E-state index < -0.39 is 0 Å². The Bertz CT molecular complexity index is 597. The van der Waals surface area contributed by atoms with Gasteiger partial charge < -0.3 is 9.73 Å². The van der Waals surface area contributed by atoms with Crippen LogP contribution in [0.5, 0.6) is 0 Å². The summed E-state index contributed by atoms with van der Waals surface area (Å²) < 4.78 is 18.8. The molecule has 0 bridgehead atoms. The van der Waals surface area contributed by atoms with Gasteiger partial charge in [0.15, 0.2) is 5.76 Å². The predicted molar refractivity (Wildman–Crippen MR) is 70.7 cm³/mol. The summed E-state index contributed by atoms with van der Waals surface area (Å²) in [6.07, 6.45) is 2.24. The Morgan fingerprint density at radius 3 is 3.05 bits per heavy atom. The van der Waals surface area contributed by atoms with Crippen LogP contribution in [-0.2, 0) is 0 Å². The topological polar surface area (TPSA) is 42.2 Å². The van der Waals surface area contributed by atoms with E-state index in [9.17, 15) is 9.18 Å². The Balaban J connectivity index is 1.84. The van der Waals surface area contributed by atoms with Gasteiger partial charge in [0.05, 0.1) is 12.3 Å². The first-order valence-electron chi connectivity index (χ1n) is 6.01. The summed E-state index contributed by atoms with van der Waals surface area (Å²) in [5, 5.41) is 2.89. The SMILES string of the molecule is O=C(N[C@H]1CCSc2c(F)cccc21)c1ccco1. The first-order valence-corrected chi connectivity index (χ1v) is 7.00. The predicted octanol–water partition coefficient (Wildman–Crippen LogP) is 3.39. The van der Waals surface area contributed by atoms with Crippen molar-refractivity contribution >= 4 is 17.7 Å². The molecule has 0 saturated heterocycles. The van der Waals surface area contributed by atoms with Crippen molar-refractivity contribution in [3.63, 3.8) is 0 Å². The molecule has 1 N–H and O–H groups in total. The van der Waals surface area contributed by atoms with Gasteiger partial charge in [-0.1, -0.05) is 12.1 Å². The number of carbonyl (C=O) groups is 1. The molecular weight excluding hydrogens is 265 g/mol. The van der Waals surface area contributed by atoms with Gasteiger partial charge in [-0.15, -0.1) is 11.8 Å². The van der Waals surface area contributed by atoms with Crippen LogP contribution in [0.4, 0.5) is 4.39 Å². The van der Waals surface area contributed by atoms with Gasteiger partial charge in [0, 0.05) is 10.6 Å². The van der Waals surface area contributed by atoms with Crippen LogP contribution in [0.25, 0.3) is 0 Å². The molecule has 0 spiro atoms. The van der Waals surface area contributed by atoms with Gasteiger partial charge in [-0.05, 0) is 30.2 Å². The Labute approximate surface area is 114 Å². The average Bonchev–Trinajstić information content (AvgIpc) is 2.94. The molecular formula is C14H12FNO2S. The standard InChI is InChI=1S/C14H12FNO2S/c15-10-4-1-3-9-11(6-8-19-13(9)10)16-14(17)12-5-2-7-18-12/h1-5,7,11H,6,8H2,(H,16,17)/t11-/m0/s1. The minimum atomic E-state index is -0.267. The van der Waals surface area contributed by atoms with E-state index in [1.54, 1.807) is 18.2 Å². The smallest absolute Gasteiger partial charge is 0.287 e. The zero-order valence-electron chi connectivity index (χ0n) is 10.1. The van der Waals surface area contributed by atoms with Crippen LogP contribution in [-0.4, -0.2) is 11.7 Å². The molecule has 2 heterocycles. The number of hydrogen-bond acceptors (Lipinski definition) is 3. The molecule has 1 aromatic heterocycles. The molecule has 0 unspecified atom stereocenters. The third kappa shape index (κ3) is 2.38. The van der Waals surface area contributed by atoms with Crippen LogP contribution in [0, 0.1) is 5.82 Å². The number of nitrogens with one attached hydrogen (secondary N) is 1. The molecule has 98 valence electrons. The summed E-state index contributed by atoms with van der Waals surface area (Å²) in [6, 6.07) is 8.09. The molecule has 19 heavy (non-hydrogen) atoms. The molecule has 3 nitrogen and oxygen atoms in total. The molecule has 1 aromatic carbocycles. The Morgan fingerprint density at radius 1 is 1.37 bits per heavy atom. The van der Waals surface area contributed by atoms with Crippen molar-refractivity contribution < 1.29 is 13.6 Å². The molecule has 0 saturated carbocycles. The minimum Gasteiger partial charge on any atom is -0.459 e. The molecule has 5 heteroatoms. The number of carbonyl (C=O) groups excluding carboxylic acids is 1. The van der Waals surface area contributed by atoms with E-state index in [2.05, 4.69) is 5.32 Å². The molecule has 3 rings (SSSR count). The average molecular weight is 277 g/mol. The fourth-order valence-electron chi connectivity index (χ4n) is 2.17. The van der Waals surface area contributed by atoms with Gasteiger partial charge in [0.2, 0.25) is 0 Å². The van der Waals surface area contributed by atoms with Crippen LogP contribution in [0.1, 0.15) is 28.6 Å². The van der Waals surface area contributed by atoms with Gasteiger partial charge >= 0.3 is 0 Å². The molecule has 1 amide bonds. The largest absolute Gasteiger partial charge is 0.459 e. The summed E-state index contributed by atoms with van der Waals surface area (Å²) in [6.45, 7) is 0. The highest BCUT2D eigenvalue weighted by molar-refractivity contribution is 7.99. The van der Waals surface area contributed by atoms with Gasteiger partial charge in [0.1, 0.15) is 5.82 Å². The maximum atomic E-state index is 13.7. The van der Waals surface area contributed by atoms with E-state index in [1.165, 1.54) is 24.1 Å². The Hall–Kier alpha value is -1.75. The van der Waals surface area contributed by atoms with Crippen molar-refractivity contribution in [2.24, 2.45) is 0 Å². The zero-order chi connectivity index (χ0) is 13.2. The monoisotopic (exact) mass is 277 g/mol. The van der Waals surface area contributed by atoms with Gasteiger partial charge in [-0.3, -0.25) is 4.79 Å². The van der Waals surface area contributed by atoms with E-state index in [0.29, 0.717) is 4.90 Å². The molecule has 0 aliphatic carbocycles. The lowest BCUT2D eigenvalue weighted by Crippen LogP contribution is -2.30. The quantitative estimate of drug-likeness (QED) is 0.915. The van der Waals surface area contributed by atoms with Crippen molar-refractivity contribution in [2.75, 3.05) is 5.75 Å². The highest BCUT2D eigenvalue weighted by Crippen LogP contribution is 2.37. The fraction of sp³-hybridized carbons (Fsp3) is 0.214. The second-order valence-corrected chi connectivity index (χ2v) is 5.40. The maximum Gasteiger partial charge on any atom is 0.287 e. The maximum absolute atomic E-state index is 13.7. The number of thioether (sulfide) groups is 1. The van der Waals surface area contributed by atoms with Crippen LogP contribution in [0.3, 0.4) is 0 Å². The van der Waals surface area contributed by atoms with Crippen molar-refractivity contribution in [3.8, 4) is 0 Å². The number of rotatable bonds is 2. The first kappa shape index (κ1) is 12.3. The first-order chi connectivity index (χ1) is 9.25. The lowest BCUT2D eigenvalue weighted by Gasteiger charge is -2.25. The summed E-state index contributed by atoms with van der Waals surface area (Å²) in [5.74, 6) is 0.574. The summed E-state index contributed by atoms with van der Waals surface area (Å²) >= 11 is 1.49. The third-order valence-electron chi connectivity index (χ3n) is 3.08. The normalized spacial score (nSPS) is 17.8. The van der Waals surface area contributed by atoms with Crippen LogP contribution in [0.2, 0.25) is 0 Å². The third-order valence-corrected chi connectivity index (χ3v) is 4.24. The Morgan fingerprint density at radius 2 is 2.26 bits per heavy atom. The van der Waals surface area contributed by atoms with Crippen molar-refractivity contribution in [3.05, 3.63) is 53.7 Å². The number of halogens is 1. The van der Waals surface area contributed by atoms with Gasteiger partial charge in [-0.2, -0.15) is 0 Å². The number of hydrogen-bond donors (Lipinski definition) is 1. The molecule has 1 atom stereocenters. The van der Waals surface area contributed by atoms with Gasteiger partial charge in [0.25, 0.3) is 5.91 Å². The summed E-state index contributed by atoms with van der Waals surface area (Å²) in [7, 11) is 0. The minimum absolute atomic E-state index is 0.162. The summed E-state index contributed by atoms with van der Waals surface area (Å²) in [4.78, 5) is 12.6. The van der Waals surface area contributed by atoms with Crippen molar-refractivity contribution in [2.45, 2.75) is 17.4 Å². The zero-order valence-corrected chi connectivity index (χ0v) is 10.9. The van der Waals surface area contributed by atoms with E-state index in [4.69, 9.17) is 4.42 Å². The van der Waals surface area contributed by atoms with Crippen LogP contribution >= 0.6 is 11.8 Å². The fourth-order valence-corrected chi connectivity index (χ4v) is 3.31. The van der Waals surface area contributed by atoms with Gasteiger partial charge in [-0.25, -0.2) is 4.39 Å². The Kier molecular flexibility index (Phi) is 3.29. The van der Waals surface area contributed by atoms with E-state index in [1.807, 2.05) is 6.07 Å². The van der Waals surface area contributed by atoms with Crippen LogP contribution in [0.15, 0.2) is 45.9 Å². The highest BCUT2D eigenvalue weighted by atomic mass is 32.2. The van der Waals surface area contributed by atoms with Crippen LogP contribution < -0.4 is 5.32 Å². The molecule has 2 aromatic rings. The molecule has 0 radical (unpaired) electrons. The molecule has 1 aliphatic rings. The highest BCUT2D eigenvalue weighted by Gasteiger charge is 2.25. The number of fused-ring (bicyclic) bond motifs is 1. The lowest BCUT2D eigenvalue weighted by atomic mass is 10.0. The van der Waals surface area contributed by atoms with E-state index in [0.717, 1.165) is 17.7 Å². The number of amides is 1. The molecule has 0 fully saturated rings. The number of benzene rings is 1. The van der Waals surface area contributed by atoms with E-state index in [-0.39, 0.29) is 23.5 Å². The second-order valence-electron chi connectivity index (χ2n) is 4.30. The van der Waals surface area contributed by atoms with Crippen molar-refractivity contribution in [1.29, 1.82) is 0 Å². The van der Waals surface area contributed by atoms with E-state index >= 15 is 0 Å². The number of furan rings is 1. The lowest BCUT2D eigenvalue weighted by molar-refractivity contribution is 0.0906. The second kappa shape index (κ2) is 5.09. The summed E-state index contributed by atoms with van der Waals surface area (Å²) in [5.41, 5.74) is 0.844. The molecule has 1 aliphatic heterocycles. The van der Waals surface area contributed by atoms with Crippen molar-refractivity contribution in [1.82, 2.24) is 5.32 Å².